The van der Waals surface area contributed by atoms with E-state index < -0.39 is 0 Å². The third-order valence-corrected chi connectivity index (χ3v) is 6.72. The van der Waals surface area contributed by atoms with Crippen LogP contribution in [0.15, 0.2) is 13.6 Å². The minimum atomic E-state index is 0.0835. The molecule has 1 saturated heterocycles. The van der Waals surface area contributed by atoms with E-state index in [4.69, 9.17) is 9.47 Å². The van der Waals surface area contributed by atoms with Crippen LogP contribution in [-0.2, 0) is 15.9 Å². The average Bonchev–Trinajstić information content (AvgIpc) is 2.88. The molecule has 2 rings (SSSR count). The minimum Gasteiger partial charge on any atom is -0.353 e. The predicted octanol–water partition coefficient (Wildman–Crippen LogP) is 7.09. The topological polar surface area (TPSA) is 18.5 Å². The van der Waals surface area contributed by atoms with Gasteiger partial charge in [-0.1, -0.05) is 32.1 Å². The molecule has 1 aliphatic rings. The lowest BCUT2D eigenvalue weighted by molar-refractivity contribution is -0.162. The summed E-state index contributed by atoms with van der Waals surface area (Å²) in [6, 6.07) is 2.24. The molecule has 2 nitrogen and oxygen atoms in total. The molecule has 0 amide bonds. The molecular formula is C18H28Br2O2S. The molecule has 0 N–H and O–H groups in total. The van der Waals surface area contributed by atoms with Crippen molar-refractivity contribution >= 4 is 43.2 Å². The van der Waals surface area contributed by atoms with Crippen molar-refractivity contribution in [1.29, 1.82) is 0 Å². The molecule has 1 unspecified atom stereocenters. The van der Waals surface area contributed by atoms with Crippen molar-refractivity contribution in [2.45, 2.75) is 76.9 Å². The molecule has 1 aliphatic heterocycles. The van der Waals surface area contributed by atoms with E-state index in [1.807, 2.05) is 0 Å². The Balaban J connectivity index is 1.36. The van der Waals surface area contributed by atoms with Crippen LogP contribution in [0.3, 0.4) is 0 Å². The van der Waals surface area contributed by atoms with Gasteiger partial charge in [0.15, 0.2) is 6.29 Å². The maximum atomic E-state index is 5.76. The van der Waals surface area contributed by atoms with Crippen LogP contribution in [0.25, 0.3) is 0 Å². The number of ether oxygens (including phenoxy) is 2. The van der Waals surface area contributed by atoms with Gasteiger partial charge in [0.1, 0.15) is 0 Å². The van der Waals surface area contributed by atoms with E-state index in [0.717, 1.165) is 19.6 Å². The van der Waals surface area contributed by atoms with E-state index in [0.29, 0.717) is 0 Å². The Kier molecular flexibility index (Phi) is 10.4. The minimum absolute atomic E-state index is 0.0835. The largest absolute Gasteiger partial charge is 0.353 e. The fourth-order valence-corrected chi connectivity index (χ4v) is 5.82. The maximum Gasteiger partial charge on any atom is 0.157 e. The highest BCUT2D eigenvalue weighted by Gasteiger charge is 2.13. The quantitative estimate of drug-likeness (QED) is 0.323. The average molecular weight is 468 g/mol. The molecule has 1 aromatic rings. The van der Waals surface area contributed by atoms with E-state index in [-0.39, 0.29) is 6.29 Å². The first-order valence-electron chi connectivity index (χ1n) is 8.92. The third kappa shape index (κ3) is 8.48. The first-order chi connectivity index (χ1) is 11.3. The predicted molar refractivity (Wildman–Crippen MR) is 105 cm³/mol. The van der Waals surface area contributed by atoms with Gasteiger partial charge in [-0.15, -0.1) is 11.3 Å². The second-order valence-electron chi connectivity index (χ2n) is 6.24. The van der Waals surface area contributed by atoms with Crippen LogP contribution in [0.5, 0.6) is 0 Å². The standard InChI is InChI=1S/C18H28Br2O2S/c19-16-14-15(18(20)23-16)10-6-4-2-1-3-5-8-12-21-17-11-7-9-13-22-17/h14,17H,1-13H2. The number of hydrogen-bond acceptors (Lipinski definition) is 3. The molecule has 0 radical (unpaired) electrons. The Bertz CT molecular complexity index is 431. The first kappa shape index (κ1) is 19.9. The molecule has 0 aromatic carbocycles. The van der Waals surface area contributed by atoms with E-state index in [2.05, 4.69) is 37.9 Å². The molecule has 1 fully saturated rings. The van der Waals surface area contributed by atoms with E-state index >= 15 is 0 Å². The Morgan fingerprint density at radius 1 is 1.04 bits per heavy atom. The first-order valence-corrected chi connectivity index (χ1v) is 11.3. The summed E-state index contributed by atoms with van der Waals surface area (Å²) in [5, 5.41) is 0. The number of thiophene rings is 1. The molecule has 0 aliphatic carbocycles. The molecule has 132 valence electrons. The van der Waals surface area contributed by atoms with Gasteiger partial charge >= 0.3 is 0 Å². The highest BCUT2D eigenvalue weighted by molar-refractivity contribution is 9.12. The third-order valence-electron chi connectivity index (χ3n) is 4.26. The van der Waals surface area contributed by atoms with Crippen molar-refractivity contribution in [3.05, 3.63) is 19.2 Å². The Hall–Kier alpha value is 0.580. The molecular weight excluding hydrogens is 440 g/mol. The lowest BCUT2D eigenvalue weighted by Crippen LogP contribution is -2.22. The summed E-state index contributed by atoms with van der Waals surface area (Å²) >= 11 is 8.95. The zero-order valence-corrected chi connectivity index (χ0v) is 17.8. The van der Waals surface area contributed by atoms with Gasteiger partial charge in [-0.3, -0.25) is 0 Å². The summed E-state index contributed by atoms with van der Waals surface area (Å²) in [6.45, 7) is 1.75. The summed E-state index contributed by atoms with van der Waals surface area (Å²) in [4.78, 5) is 0. The molecule has 23 heavy (non-hydrogen) atoms. The van der Waals surface area contributed by atoms with Gasteiger partial charge < -0.3 is 9.47 Å². The molecule has 1 aromatic heterocycles. The molecule has 2 heterocycles. The van der Waals surface area contributed by atoms with Crippen molar-refractivity contribution < 1.29 is 9.47 Å². The summed E-state index contributed by atoms with van der Waals surface area (Å²) in [6.07, 6.45) is 14.0. The van der Waals surface area contributed by atoms with Crippen molar-refractivity contribution in [2.24, 2.45) is 0 Å². The van der Waals surface area contributed by atoms with Gasteiger partial charge in [0.2, 0.25) is 0 Å². The number of hydrogen-bond donors (Lipinski definition) is 0. The van der Waals surface area contributed by atoms with Gasteiger partial charge in [0.05, 0.1) is 7.57 Å². The molecule has 0 spiro atoms. The van der Waals surface area contributed by atoms with Gasteiger partial charge in [0.25, 0.3) is 0 Å². The molecule has 0 saturated carbocycles. The second-order valence-corrected chi connectivity index (χ2v) is 9.99. The highest BCUT2D eigenvalue weighted by atomic mass is 79.9. The lowest BCUT2D eigenvalue weighted by Gasteiger charge is -2.22. The van der Waals surface area contributed by atoms with E-state index in [9.17, 15) is 0 Å². The van der Waals surface area contributed by atoms with Gasteiger partial charge in [-0.25, -0.2) is 0 Å². The summed E-state index contributed by atoms with van der Waals surface area (Å²) in [5.74, 6) is 0. The van der Waals surface area contributed by atoms with Crippen molar-refractivity contribution in [1.82, 2.24) is 0 Å². The smallest absolute Gasteiger partial charge is 0.157 e. The maximum absolute atomic E-state index is 5.76. The lowest BCUT2D eigenvalue weighted by atomic mass is 10.1. The van der Waals surface area contributed by atoms with Crippen molar-refractivity contribution in [3.63, 3.8) is 0 Å². The molecule has 1 atom stereocenters. The highest BCUT2D eigenvalue weighted by Crippen LogP contribution is 2.32. The van der Waals surface area contributed by atoms with Crippen LogP contribution in [0.4, 0.5) is 0 Å². The monoisotopic (exact) mass is 466 g/mol. The Morgan fingerprint density at radius 2 is 1.78 bits per heavy atom. The second kappa shape index (κ2) is 12.0. The Labute approximate surface area is 161 Å². The fourth-order valence-electron chi connectivity index (χ4n) is 2.90. The number of halogens is 2. The fraction of sp³-hybridized carbons (Fsp3) is 0.778. The van der Waals surface area contributed by atoms with E-state index in [1.54, 1.807) is 11.3 Å². The summed E-state index contributed by atoms with van der Waals surface area (Å²) in [7, 11) is 0. The molecule has 0 bridgehead atoms. The van der Waals surface area contributed by atoms with Crippen LogP contribution in [0.1, 0.15) is 69.8 Å². The van der Waals surface area contributed by atoms with E-state index in [1.165, 1.54) is 77.3 Å². The zero-order valence-electron chi connectivity index (χ0n) is 13.8. The number of aryl methyl sites for hydroxylation is 1. The summed E-state index contributed by atoms with van der Waals surface area (Å²) < 4.78 is 13.8. The van der Waals surface area contributed by atoms with Crippen LogP contribution in [0.2, 0.25) is 0 Å². The number of rotatable bonds is 11. The van der Waals surface area contributed by atoms with Crippen molar-refractivity contribution in [3.8, 4) is 0 Å². The summed E-state index contributed by atoms with van der Waals surface area (Å²) in [5.41, 5.74) is 1.45. The molecule has 5 heteroatoms. The van der Waals surface area contributed by atoms with Crippen LogP contribution in [0, 0.1) is 0 Å². The Morgan fingerprint density at radius 3 is 2.43 bits per heavy atom. The normalized spacial score (nSPS) is 18.4. The van der Waals surface area contributed by atoms with Crippen LogP contribution >= 0.6 is 43.2 Å². The SMILES string of the molecule is Brc1cc(CCCCCCCCCOC2CCCCO2)c(Br)s1. The van der Waals surface area contributed by atoms with Gasteiger partial charge in [-0.2, -0.15) is 0 Å². The van der Waals surface area contributed by atoms with Crippen LogP contribution in [-0.4, -0.2) is 19.5 Å². The number of unbranched alkanes of at least 4 members (excludes halogenated alkanes) is 6. The zero-order chi connectivity index (χ0) is 16.3. The van der Waals surface area contributed by atoms with Gasteiger partial charge in [-0.05, 0) is 82.0 Å². The van der Waals surface area contributed by atoms with Gasteiger partial charge in [0, 0.05) is 13.2 Å². The van der Waals surface area contributed by atoms with Crippen LogP contribution < -0.4 is 0 Å². The van der Waals surface area contributed by atoms with Crippen molar-refractivity contribution in [2.75, 3.05) is 13.2 Å².